The van der Waals surface area contributed by atoms with Crippen LogP contribution in [0.1, 0.15) is 22.7 Å². The maximum atomic E-state index is 13.2. The number of hydrogen-bond donors (Lipinski definition) is 2. The van der Waals surface area contributed by atoms with Crippen LogP contribution in [0.4, 0.5) is 17.6 Å². The monoisotopic (exact) mass is 286 g/mol. The van der Waals surface area contributed by atoms with Crippen LogP contribution in [0, 0.1) is 5.82 Å². The molecule has 1 unspecified atom stereocenters. The minimum absolute atomic E-state index is 0.175. The predicted molar refractivity (Wildman–Crippen MR) is 62.6 cm³/mol. The van der Waals surface area contributed by atoms with Gasteiger partial charge in [-0.25, -0.2) is 9.82 Å². The summed E-state index contributed by atoms with van der Waals surface area (Å²) in [6, 6.07) is 3.52. The molecule has 1 aromatic heterocycles. The summed E-state index contributed by atoms with van der Waals surface area (Å²) in [4.78, 5) is 0. The SMILES string of the molecule is NNC(c1ccnnc1)c1ccc(F)c(C(F)(F)F)c1. The Morgan fingerprint density at radius 1 is 1.10 bits per heavy atom. The smallest absolute Gasteiger partial charge is 0.271 e. The molecule has 0 bridgehead atoms. The Morgan fingerprint density at radius 2 is 1.85 bits per heavy atom. The van der Waals surface area contributed by atoms with E-state index in [4.69, 9.17) is 5.84 Å². The zero-order chi connectivity index (χ0) is 14.8. The molecule has 0 aliphatic heterocycles. The number of nitrogens with zero attached hydrogens (tertiary/aromatic N) is 2. The molecule has 0 aliphatic rings. The number of rotatable bonds is 3. The number of hydrogen-bond acceptors (Lipinski definition) is 4. The average Bonchev–Trinajstić information content (AvgIpc) is 2.41. The first-order valence-electron chi connectivity index (χ1n) is 5.53. The third-order valence-electron chi connectivity index (χ3n) is 2.74. The van der Waals surface area contributed by atoms with Gasteiger partial charge in [-0.05, 0) is 29.3 Å². The second-order valence-electron chi connectivity index (χ2n) is 4.01. The highest BCUT2D eigenvalue weighted by molar-refractivity contribution is 5.34. The summed E-state index contributed by atoms with van der Waals surface area (Å²) in [5, 5.41) is 7.19. The van der Waals surface area contributed by atoms with Gasteiger partial charge in [-0.1, -0.05) is 6.07 Å². The van der Waals surface area contributed by atoms with Crippen LogP contribution in [0.25, 0.3) is 0 Å². The molecule has 106 valence electrons. The molecule has 3 N–H and O–H groups in total. The third kappa shape index (κ3) is 2.91. The fraction of sp³-hybridized carbons (Fsp3) is 0.167. The van der Waals surface area contributed by atoms with Crippen LogP contribution in [-0.2, 0) is 6.18 Å². The number of alkyl halides is 3. The molecule has 20 heavy (non-hydrogen) atoms. The molecule has 8 heteroatoms. The van der Waals surface area contributed by atoms with Crippen molar-refractivity contribution in [3.05, 3.63) is 59.2 Å². The van der Waals surface area contributed by atoms with Gasteiger partial charge in [-0.2, -0.15) is 23.4 Å². The molecule has 0 amide bonds. The van der Waals surface area contributed by atoms with E-state index in [0.29, 0.717) is 5.56 Å². The second kappa shape index (κ2) is 5.51. The van der Waals surface area contributed by atoms with Crippen molar-refractivity contribution in [2.24, 2.45) is 5.84 Å². The molecule has 1 heterocycles. The highest BCUT2D eigenvalue weighted by Gasteiger charge is 2.34. The predicted octanol–water partition coefficient (Wildman–Crippen LogP) is 2.19. The lowest BCUT2D eigenvalue weighted by Gasteiger charge is -2.18. The zero-order valence-electron chi connectivity index (χ0n) is 10.0. The van der Waals surface area contributed by atoms with Crippen molar-refractivity contribution >= 4 is 0 Å². The molecule has 4 nitrogen and oxygen atoms in total. The Kier molecular flexibility index (Phi) is 3.96. The van der Waals surface area contributed by atoms with Crippen molar-refractivity contribution in [2.75, 3.05) is 0 Å². The molecule has 0 saturated carbocycles. The maximum Gasteiger partial charge on any atom is 0.419 e. The quantitative estimate of drug-likeness (QED) is 0.516. The molecule has 0 fully saturated rings. The molecular weight excluding hydrogens is 276 g/mol. The fourth-order valence-electron chi connectivity index (χ4n) is 1.80. The summed E-state index contributed by atoms with van der Waals surface area (Å²) < 4.78 is 51.3. The Labute approximate surface area is 111 Å². The number of nitrogens with two attached hydrogens (primary N) is 1. The Morgan fingerprint density at radius 3 is 2.40 bits per heavy atom. The standard InChI is InChI=1S/C12H10F4N4/c13-10-2-1-7(5-9(10)12(14,15)16)11(20-17)8-3-4-18-19-6-8/h1-6,11,20H,17H2. The van der Waals surface area contributed by atoms with E-state index in [1.807, 2.05) is 0 Å². The van der Waals surface area contributed by atoms with Gasteiger partial charge in [-0.3, -0.25) is 5.84 Å². The van der Waals surface area contributed by atoms with Gasteiger partial charge >= 0.3 is 6.18 Å². The molecule has 0 spiro atoms. The highest BCUT2D eigenvalue weighted by Crippen LogP contribution is 2.33. The first-order valence-corrected chi connectivity index (χ1v) is 5.53. The molecule has 0 radical (unpaired) electrons. The fourth-order valence-corrected chi connectivity index (χ4v) is 1.80. The van der Waals surface area contributed by atoms with Crippen LogP contribution in [0.3, 0.4) is 0 Å². The van der Waals surface area contributed by atoms with Crippen LogP contribution in [0.2, 0.25) is 0 Å². The first kappa shape index (κ1) is 14.4. The molecule has 2 aromatic rings. The van der Waals surface area contributed by atoms with Crippen molar-refractivity contribution in [2.45, 2.75) is 12.2 Å². The van der Waals surface area contributed by atoms with E-state index in [9.17, 15) is 17.6 Å². The van der Waals surface area contributed by atoms with E-state index in [1.54, 1.807) is 6.07 Å². The van der Waals surface area contributed by atoms with E-state index in [0.717, 1.165) is 12.1 Å². The van der Waals surface area contributed by atoms with Crippen molar-refractivity contribution in [3.63, 3.8) is 0 Å². The molecule has 2 rings (SSSR count). The first-order chi connectivity index (χ1) is 9.43. The minimum atomic E-state index is -4.77. The Balaban J connectivity index is 2.46. The van der Waals surface area contributed by atoms with Crippen LogP contribution in [0.15, 0.2) is 36.7 Å². The normalized spacial score (nSPS) is 13.2. The largest absolute Gasteiger partial charge is 0.419 e. The number of nitrogens with one attached hydrogen (secondary N) is 1. The van der Waals surface area contributed by atoms with E-state index >= 15 is 0 Å². The van der Waals surface area contributed by atoms with Gasteiger partial charge in [0.25, 0.3) is 0 Å². The molecule has 1 aromatic carbocycles. The summed E-state index contributed by atoms with van der Waals surface area (Å²) in [7, 11) is 0. The lowest BCUT2D eigenvalue weighted by Crippen LogP contribution is -2.29. The number of halogens is 4. The summed E-state index contributed by atoms with van der Waals surface area (Å²) in [6.07, 6.45) is -2.02. The van der Waals surface area contributed by atoms with Gasteiger partial charge < -0.3 is 0 Å². The Hall–Kier alpha value is -2.06. The molecular formula is C12H10F4N4. The molecule has 0 aliphatic carbocycles. The van der Waals surface area contributed by atoms with Gasteiger partial charge in [0.05, 0.1) is 17.8 Å². The summed E-state index contributed by atoms with van der Waals surface area (Å²) in [5.41, 5.74) is 1.73. The number of aromatic nitrogens is 2. The summed E-state index contributed by atoms with van der Waals surface area (Å²) in [5.74, 6) is 4.03. The van der Waals surface area contributed by atoms with Gasteiger partial charge in [0, 0.05) is 6.20 Å². The topological polar surface area (TPSA) is 63.8 Å². The van der Waals surface area contributed by atoms with E-state index in [-0.39, 0.29) is 5.56 Å². The van der Waals surface area contributed by atoms with E-state index in [1.165, 1.54) is 18.5 Å². The van der Waals surface area contributed by atoms with Crippen LogP contribution in [0.5, 0.6) is 0 Å². The maximum absolute atomic E-state index is 13.2. The number of hydrazine groups is 1. The molecule has 0 saturated heterocycles. The van der Waals surface area contributed by atoms with E-state index in [2.05, 4.69) is 15.6 Å². The van der Waals surface area contributed by atoms with Crippen molar-refractivity contribution in [3.8, 4) is 0 Å². The Bertz CT molecular complexity index is 586. The van der Waals surface area contributed by atoms with Gasteiger partial charge in [-0.15, -0.1) is 0 Å². The second-order valence-corrected chi connectivity index (χ2v) is 4.01. The van der Waals surface area contributed by atoms with Gasteiger partial charge in [0.2, 0.25) is 0 Å². The van der Waals surface area contributed by atoms with E-state index < -0.39 is 23.6 Å². The van der Waals surface area contributed by atoms with Crippen LogP contribution < -0.4 is 11.3 Å². The average molecular weight is 286 g/mol. The van der Waals surface area contributed by atoms with Gasteiger partial charge in [0.15, 0.2) is 0 Å². The lowest BCUT2D eigenvalue weighted by molar-refractivity contribution is -0.140. The third-order valence-corrected chi connectivity index (χ3v) is 2.74. The van der Waals surface area contributed by atoms with Gasteiger partial charge in [0.1, 0.15) is 5.82 Å². The zero-order valence-corrected chi connectivity index (χ0v) is 10.0. The highest BCUT2D eigenvalue weighted by atomic mass is 19.4. The molecule has 1 atom stereocenters. The van der Waals surface area contributed by atoms with Crippen molar-refractivity contribution in [1.29, 1.82) is 0 Å². The minimum Gasteiger partial charge on any atom is -0.271 e. The lowest BCUT2D eigenvalue weighted by atomic mass is 9.99. The summed E-state index contributed by atoms with van der Waals surface area (Å²) in [6.45, 7) is 0. The van der Waals surface area contributed by atoms with Crippen molar-refractivity contribution < 1.29 is 17.6 Å². The van der Waals surface area contributed by atoms with Crippen LogP contribution in [-0.4, -0.2) is 10.2 Å². The van der Waals surface area contributed by atoms with Crippen molar-refractivity contribution in [1.82, 2.24) is 15.6 Å². The number of benzene rings is 1. The summed E-state index contributed by atoms with van der Waals surface area (Å²) >= 11 is 0. The van der Waals surface area contributed by atoms with Crippen LogP contribution >= 0.6 is 0 Å².